The van der Waals surface area contributed by atoms with Crippen LogP contribution >= 0.6 is 12.2 Å². The van der Waals surface area contributed by atoms with Gasteiger partial charge in [-0.15, -0.1) is 0 Å². The second-order valence-corrected chi connectivity index (χ2v) is 6.46. The fourth-order valence-electron chi connectivity index (χ4n) is 3.08. The van der Waals surface area contributed by atoms with Gasteiger partial charge in [0.1, 0.15) is 0 Å². The fourth-order valence-corrected chi connectivity index (χ4v) is 3.40. The van der Waals surface area contributed by atoms with Gasteiger partial charge in [0.05, 0.1) is 22.1 Å². The Morgan fingerprint density at radius 3 is 2.85 bits per heavy atom. The van der Waals surface area contributed by atoms with E-state index in [4.69, 9.17) is 12.2 Å². The topological polar surface area (TPSA) is 79.8 Å². The second-order valence-electron chi connectivity index (χ2n) is 6.07. The molecule has 0 bridgehead atoms. The first-order valence-corrected chi connectivity index (χ1v) is 8.91. The summed E-state index contributed by atoms with van der Waals surface area (Å²) in [5, 5.41) is 4.33. The molecule has 4 rings (SSSR count). The summed E-state index contributed by atoms with van der Waals surface area (Å²) in [6, 6.07) is 14.3. The number of carbonyl (C=O) groups is 1. The SMILES string of the molecule is CCn1c(=S)[nH]c2cc(C(=O)Nc3cccc4cccnc34)ccc2c1=O. The number of rotatable bonds is 3. The lowest BCUT2D eigenvalue weighted by molar-refractivity contribution is 0.102. The molecule has 4 aromatic rings. The predicted octanol–water partition coefficient (Wildman–Crippen LogP) is 3.88. The Balaban J connectivity index is 1.75. The van der Waals surface area contributed by atoms with E-state index in [9.17, 15) is 9.59 Å². The summed E-state index contributed by atoms with van der Waals surface area (Å²) in [7, 11) is 0. The van der Waals surface area contributed by atoms with Gasteiger partial charge in [-0.1, -0.05) is 18.2 Å². The first-order chi connectivity index (χ1) is 13.1. The molecule has 2 aromatic heterocycles. The van der Waals surface area contributed by atoms with Crippen LogP contribution in [0.3, 0.4) is 0 Å². The Morgan fingerprint density at radius 1 is 1.22 bits per heavy atom. The molecule has 2 heterocycles. The number of pyridine rings is 1. The number of aromatic nitrogens is 3. The van der Waals surface area contributed by atoms with Gasteiger partial charge in [-0.3, -0.25) is 19.1 Å². The molecule has 134 valence electrons. The number of anilines is 1. The number of fused-ring (bicyclic) bond motifs is 2. The highest BCUT2D eigenvalue weighted by Gasteiger charge is 2.12. The Morgan fingerprint density at radius 2 is 2.04 bits per heavy atom. The van der Waals surface area contributed by atoms with Crippen LogP contribution in [0.4, 0.5) is 5.69 Å². The van der Waals surface area contributed by atoms with E-state index in [2.05, 4.69) is 15.3 Å². The largest absolute Gasteiger partial charge is 0.332 e. The van der Waals surface area contributed by atoms with Gasteiger partial charge in [0.2, 0.25) is 0 Å². The zero-order valence-electron chi connectivity index (χ0n) is 14.5. The number of nitrogens with one attached hydrogen (secondary N) is 2. The molecule has 6 nitrogen and oxygen atoms in total. The van der Waals surface area contributed by atoms with Crippen LogP contribution < -0.4 is 10.9 Å². The zero-order valence-corrected chi connectivity index (χ0v) is 15.3. The first kappa shape index (κ1) is 17.1. The van der Waals surface area contributed by atoms with Crippen LogP contribution in [-0.2, 0) is 6.54 Å². The van der Waals surface area contributed by atoms with Crippen molar-refractivity contribution < 1.29 is 4.79 Å². The average molecular weight is 376 g/mol. The Kier molecular flexibility index (Phi) is 4.29. The minimum atomic E-state index is -0.283. The molecule has 1 amide bonds. The van der Waals surface area contributed by atoms with Crippen molar-refractivity contribution in [3.8, 4) is 0 Å². The van der Waals surface area contributed by atoms with Gasteiger partial charge in [-0.25, -0.2) is 0 Å². The highest BCUT2D eigenvalue weighted by molar-refractivity contribution is 7.71. The van der Waals surface area contributed by atoms with Crippen molar-refractivity contribution in [2.24, 2.45) is 0 Å². The van der Waals surface area contributed by atoms with E-state index in [0.29, 0.717) is 33.5 Å². The number of hydrogen-bond acceptors (Lipinski definition) is 4. The third-order valence-electron chi connectivity index (χ3n) is 4.44. The molecule has 0 aliphatic rings. The van der Waals surface area contributed by atoms with Crippen molar-refractivity contribution in [1.29, 1.82) is 0 Å². The van der Waals surface area contributed by atoms with E-state index in [0.717, 1.165) is 10.9 Å². The van der Waals surface area contributed by atoms with E-state index < -0.39 is 0 Å². The van der Waals surface area contributed by atoms with Gasteiger partial charge in [0, 0.05) is 23.7 Å². The number of aromatic amines is 1. The number of nitrogens with zero attached hydrogens (tertiary/aromatic N) is 2. The average Bonchev–Trinajstić information content (AvgIpc) is 2.68. The minimum Gasteiger partial charge on any atom is -0.332 e. The van der Waals surface area contributed by atoms with E-state index >= 15 is 0 Å². The molecule has 0 atom stereocenters. The van der Waals surface area contributed by atoms with E-state index in [-0.39, 0.29) is 11.5 Å². The smallest absolute Gasteiger partial charge is 0.262 e. The van der Waals surface area contributed by atoms with Crippen molar-refractivity contribution in [3.63, 3.8) is 0 Å². The van der Waals surface area contributed by atoms with Gasteiger partial charge in [0.25, 0.3) is 11.5 Å². The summed E-state index contributed by atoms with van der Waals surface area (Å²) in [6.07, 6.45) is 1.69. The molecule has 0 unspecified atom stereocenters. The lowest BCUT2D eigenvalue weighted by Crippen LogP contribution is -2.21. The maximum atomic E-state index is 12.7. The van der Waals surface area contributed by atoms with Crippen molar-refractivity contribution in [3.05, 3.63) is 75.4 Å². The van der Waals surface area contributed by atoms with Crippen molar-refractivity contribution in [1.82, 2.24) is 14.5 Å². The Labute approximate surface area is 159 Å². The number of H-pyrrole nitrogens is 1. The molecule has 27 heavy (non-hydrogen) atoms. The Bertz CT molecular complexity index is 1300. The third kappa shape index (κ3) is 3.02. The maximum Gasteiger partial charge on any atom is 0.262 e. The van der Waals surface area contributed by atoms with Crippen LogP contribution in [0.5, 0.6) is 0 Å². The normalized spacial score (nSPS) is 11.0. The number of carbonyl (C=O) groups excluding carboxylic acids is 1. The zero-order chi connectivity index (χ0) is 19.0. The predicted molar refractivity (Wildman–Crippen MR) is 109 cm³/mol. The van der Waals surface area contributed by atoms with E-state index in [1.165, 1.54) is 4.57 Å². The molecule has 7 heteroatoms. The Hall–Kier alpha value is -3.32. The molecule has 0 aliphatic carbocycles. The lowest BCUT2D eigenvalue weighted by atomic mass is 10.1. The fraction of sp³-hybridized carbons (Fsp3) is 0.100. The number of amides is 1. The molecular weight excluding hydrogens is 360 g/mol. The first-order valence-electron chi connectivity index (χ1n) is 8.50. The monoisotopic (exact) mass is 376 g/mol. The quantitative estimate of drug-likeness (QED) is 0.532. The van der Waals surface area contributed by atoms with Gasteiger partial charge in [0.15, 0.2) is 4.77 Å². The molecular formula is C20H16N4O2S. The number of para-hydroxylation sites is 1. The lowest BCUT2D eigenvalue weighted by Gasteiger charge is -2.09. The molecule has 0 radical (unpaired) electrons. The van der Waals surface area contributed by atoms with Crippen LogP contribution in [0.15, 0.2) is 59.5 Å². The number of benzene rings is 2. The molecule has 0 aliphatic heterocycles. The van der Waals surface area contributed by atoms with Gasteiger partial charge in [-0.05, 0) is 49.5 Å². The summed E-state index contributed by atoms with van der Waals surface area (Å²) in [6.45, 7) is 2.34. The summed E-state index contributed by atoms with van der Waals surface area (Å²) in [4.78, 5) is 32.6. The summed E-state index contributed by atoms with van der Waals surface area (Å²) >= 11 is 5.23. The van der Waals surface area contributed by atoms with Crippen molar-refractivity contribution >= 4 is 45.6 Å². The van der Waals surface area contributed by atoms with Crippen LogP contribution in [0.25, 0.3) is 21.8 Å². The van der Waals surface area contributed by atoms with Crippen LogP contribution in [-0.4, -0.2) is 20.4 Å². The van der Waals surface area contributed by atoms with Gasteiger partial charge < -0.3 is 10.3 Å². The van der Waals surface area contributed by atoms with Gasteiger partial charge in [-0.2, -0.15) is 0 Å². The van der Waals surface area contributed by atoms with E-state index in [1.807, 2.05) is 37.3 Å². The van der Waals surface area contributed by atoms with Crippen LogP contribution in [0.1, 0.15) is 17.3 Å². The molecule has 2 aromatic carbocycles. The highest BCUT2D eigenvalue weighted by Crippen LogP contribution is 2.21. The van der Waals surface area contributed by atoms with Crippen LogP contribution in [0, 0.1) is 4.77 Å². The van der Waals surface area contributed by atoms with Crippen molar-refractivity contribution in [2.75, 3.05) is 5.32 Å². The highest BCUT2D eigenvalue weighted by atomic mass is 32.1. The summed E-state index contributed by atoms with van der Waals surface area (Å²) in [5.41, 5.74) is 2.15. The van der Waals surface area contributed by atoms with E-state index in [1.54, 1.807) is 24.4 Å². The molecule has 0 fully saturated rings. The standard InChI is InChI=1S/C20H16N4O2S/c1-2-24-19(26)14-9-8-13(11-16(14)23-20(24)27)18(25)22-15-7-3-5-12-6-4-10-21-17(12)15/h3-11H,2H2,1H3,(H,22,25)(H,23,27). The third-order valence-corrected chi connectivity index (χ3v) is 4.76. The summed E-state index contributed by atoms with van der Waals surface area (Å²) in [5.74, 6) is -0.283. The maximum absolute atomic E-state index is 12.7. The van der Waals surface area contributed by atoms with Crippen LogP contribution in [0.2, 0.25) is 0 Å². The summed E-state index contributed by atoms with van der Waals surface area (Å²) < 4.78 is 1.82. The molecule has 0 spiro atoms. The van der Waals surface area contributed by atoms with Gasteiger partial charge >= 0.3 is 0 Å². The number of hydrogen-bond donors (Lipinski definition) is 2. The van der Waals surface area contributed by atoms with Crippen molar-refractivity contribution in [2.45, 2.75) is 13.5 Å². The minimum absolute atomic E-state index is 0.165. The molecule has 0 saturated carbocycles. The second kappa shape index (κ2) is 6.77. The molecule has 2 N–H and O–H groups in total. The molecule has 0 saturated heterocycles.